The Morgan fingerprint density at radius 3 is 2.55 bits per heavy atom. The Morgan fingerprint density at radius 2 is 1.88 bits per heavy atom. The van der Waals surface area contributed by atoms with Gasteiger partial charge < -0.3 is 14.4 Å². The Hall–Kier alpha value is -4.64. The van der Waals surface area contributed by atoms with E-state index in [0.29, 0.717) is 46.5 Å². The number of allylic oxidation sites excluding steroid dienone is 1. The van der Waals surface area contributed by atoms with Crippen molar-refractivity contribution in [2.45, 2.75) is 27.3 Å². The molecule has 9 nitrogen and oxygen atoms in total. The van der Waals surface area contributed by atoms with Gasteiger partial charge in [0.15, 0.2) is 5.78 Å². The van der Waals surface area contributed by atoms with E-state index in [9.17, 15) is 14.9 Å². The highest BCUT2D eigenvalue weighted by atomic mass is 32.1. The molecule has 0 radical (unpaired) electrons. The standard InChI is InChI=1S/C30H29N5O4S/c1-21-18-25(11-12-26(21)33-34-30-29(32-4)23(3)27(19-31)40-30)35(20-24-8-6-5-7-9-24)14-15-38-16-17-39-28(37)13-10-22(2)36/h5-13,18H,14-17,20H2,1-3H3/b13-10-,34-33?. The third kappa shape index (κ3) is 8.70. The average molecular weight is 556 g/mol. The third-order valence-electron chi connectivity index (χ3n) is 5.75. The van der Waals surface area contributed by atoms with E-state index in [2.05, 4.69) is 38.2 Å². The van der Waals surface area contributed by atoms with Gasteiger partial charge in [0, 0.05) is 24.9 Å². The van der Waals surface area contributed by atoms with Crippen LogP contribution in [0.1, 0.15) is 28.5 Å². The zero-order valence-corrected chi connectivity index (χ0v) is 23.4. The van der Waals surface area contributed by atoms with E-state index in [1.54, 1.807) is 6.92 Å². The second kappa shape index (κ2) is 15.1. The number of anilines is 1. The van der Waals surface area contributed by atoms with Crippen molar-refractivity contribution in [2.75, 3.05) is 31.3 Å². The number of ether oxygens (including phenoxy) is 2. The first-order valence-corrected chi connectivity index (χ1v) is 13.3. The maximum atomic E-state index is 11.6. The molecule has 0 aliphatic rings. The summed E-state index contributed by atoms with van der Waals surface area (Å²) < 4.78 is 10.7. The number of nitriles is 1. The van der Waals surface area contributed by atoms with Gasteiger partial charge in [0.2, 0.25) is 5.69 Å². The lowest BCUT2D eigenvalue weighted by Crippen LogP contribution is -2.27. The molecule has 0 unspecified atom stereocenters. The Labute approximate surface area is 237 Å². The Kier molecular flexibility index (Phi) is 11.3. The van der Waals surface area contributed by atoms with Crippen molar-refractivity contribution in [2.24, 2.45) is 10.2 Å². The van der Waals surface area contributed by atoms with E-state index in [1.165, 1.54) is 6.92 Å². The van der Waals surface area contributed by atoms with Gasteiger partial charge in [-0.25, -0.2) is 9.64 Å². The molecule has 204 valence electrons. The fourth-order valence-electron chi connectivity index (χ4n) is 3.66. The lowest BCUT2D eigenvalue weighted by Gasteiger charge is -2.25. The first-order valence-electron chi connectivity index (χ1n) is 12.5. The first-order chi connectivity index (χ1) is 19.3. The number of azo groups is 1. The molecule has 10 heteroatoms. The second-order valence-electron chi connectivity index (χ2n) is 8.74. The van der Waals surface area contributed by atoms with Crippen LogP contribution in [0, 0.1) is 31.8 Å². The van der Waals surface area contributed by atoms with Crippen LogP contribution in [0.5, 0.6) is 0 Å². The Balaban J connectivity index is 1.67. The lowest BCUT2D eigenvalue weighted by atomic mass is 10.1. The largest absolute Gasteiger partial charge is 0.460 e. The number of aryl methyl sites for hydroxylation is 1. The topological polar surface area (TPSA) is 109 Å². The van der Waals surface area contributed by atoms with Crippen molar-refractivity contribution < 1.29 is 19.1 Å². The molecule has 2 aromatic carbocycles. The molecule has 0 saturated heterocycles. The maximum absolute atomic E-state index is 11.6. The Morgan fingerprint density at radius 1 is 1.10 bits per heavy atom. The number of carbonyl (C=O) groups excluding carboxylic acids is 2. The molecule has 1 aromatic heterocycles. The van der Waals surface area contributed by atoms with Crippen molar-refractivity contribution in [1.82, 2.24) is 0 Å². The minimum atomic E-state index is -0.581. The summed E-state index contributed by atoms with van der Waals surface area (Å²) in [5, 5.41) is 18.3. The molecule has 0 bridgehead atoms. The molecule has 0 aliphatic carbocycles. The number of rotatable bonds is 13. The van der Waals surface area contributed by atoms with Crippen LogP contribution in [-0.4, -0.2) is 38.1 Å². The predicted molar refractivity (Wildman–Crippen MR) is 154 cm³/mol. The number of benzene rings is 2. The average Bonchev–Trinajstić information content (AvgIpc) is 3.26. The minimum Gasteiger partial charge on any atom is -0.460 e. The molecule has 3 rings (SSSR count). The van der Waals surface area contributed by atoms with E-state index in [1.807, 2.05) is 43.3 Å². The zero-order chi connectivity index (χ0) is 28.9. The second-order valence-corrected chi connectivity index (χ2v) is 9.73. The highest BCUT2D eigenvalue weighted by Gasteiger charge is 2.15. The van der Waals surface area contributed by atoms with Gasteiger partial charge in [-0.3, -0.25) is 4.79 Å². The van der Waals surface area contributed by atoms with Gasteiger partial charge in [-0.1, -0.05) is 30.3 Å². The van der Waals surface area contributed by atoms with Crippen LogP contribution < -0.4 is 4.90 Å². The fourth-order valence-corrected chi connectivity index (χ4v) is 4.52. The lowest BCUT2D eigenvalue weighted by molar-refractivity contribution is -0.139. The summed E-state index contributed by atoms with van der Waals surface area (Å²) in [5.74, 6) is -0.804. The summed E-state index contributed by atoms with van der Waals surface area (Å²) >= 11 is 1.16. The molecule has 40 heavy (non-hydrogen) atoms. The summed E-state index contributed by atoms with van der Waals surface area (Å²) in [4.78, 5) is 28.6. The molecule has 0 N–H and O–H groups in total. The van der Waals surface area contributed by atoms with Gasteiger partial charge in [0.25, 0.3) is 0 Å². The van der Waals surface area contributed by atoms with Gasteiger partial charge in [-0.2, -0.15) is 15.5 Å². The number of hydrogen-bond donors (Lipinski definition) is 0. The van der Waals surface area contributed by atoms with E-state index in [-0.39, 0.29) is 19.0 Å². The SMILES string of the molecule is [C-]#[N+]c1c(N=Nc2ccc(N(CCOCCOC(=O)/C=C\C(C)=O)Cc3ccccc3)cc2C)sc(C#N)c1C. The number of esters is 1. The molecular formula is C30H29N5O4S. The fraction of sp³-hybridized carbons (Fsp3) is 0.267. The molecule has 1 heterocycles. The first kappa shape index (κ1) is 29.9. The normalized spacial score (nSPS) is 10.9. The smallest absolute Gasteiger partial charge is 0.330 e. The van der Waals surface area contributed by atoms with Crippen molar-refractivity contribution in [3.8, 4) is 6.07 Å². The minimum absolute atomic E-state index is 0.0907. The van der Waals surface area contributed by atoms with Crippen LogP contribution in [0.15, 0.2) is 70.9 Å². The van der Waals surface area contributed by atoms with Crippen LogP contribution in [0.3, 0.4) is 0 Å². The summed E-state index contributed by atoms with van der Waals surface area (Å²) in [6.07, 6.45) is 2.27. The molecule has 0 aliphatic heterocycles. The predicted octanol–water partition coefficient (Wildman–Crippen LogP) is 6.91. The molecule has 0 saturated carbocycles. The summed E-state index contributed by atoms with van der Waals surface area (Å²) in [6, 6.07) is 18.1. The molecule has 0 spiro atoms. The zero-order valence-electron chi connectivity index (χ0n) is 22.6. The summed E-state index contributed by atoms with van der Waals surface area (Å²) in [7, 11) is 0. The van der Waals surface area contributed by atoms with Crippen molar-refractivity contribution in [3.05, 3.63) is 93.7 Å². The van der Waals surface area contributed by atoms with Crippen molar-refractivity contribution in [1.29, 1.82) is 5.26 Å². The number of carbonyl (C=O) groups is 2. The van der Waals surface area contributed by atoms with Crippen LogP contribution in [0.25, 0.3) is 4.85 Å². The van der Waals surface area contributed by atoms with Crippen molar-refractivity contribution >= 4 is 45.2 Å². The number of nitrogens with zero attached hydrogens (tertiary/aromatic N) is 5. The van der Waals surface area contributed by atoms with Crippen LogP contribution in [0.4, 0.5) is 22.1 Å². The van der Waals surface area contributed by atoms with Gasteiger partial charge in [0.05, 0.1) is 30.4 Å². The summed E-state index contributed by atoms with van der Waals surface area (Å²) in [5.41, 5.74) is 4.68. The van der Waals surface area contributed by atoms with E-state index in [4.69, 9.17) is 16.0 Å². The number of ketones is 1. The molecule has 0 atom stereocenters. The quantitative estimate of drug-likeness (QED) is 0.0745. The van der Waals surface area contributed by atoms with Gasteiger partial charge in [-0.05, 0) is 61.7 Å². The van der Waals surface area contributed by atoms with Crippen LogP contribution in [-0.2, 0) is 25.6 Å². The van der Waals surface area contributed by atoms with E-state index >= 15 is 0 Å². The van der Waals surface area contributed by atoms with Gasteiger partial charge >= 0.3 is 5.97 Å². The van der Waals surface area contributed by atoms with E-state index < -0.39 is 5.97 Å². The molecule has 3 aromatic rings. The number of hydrogen-bond acceptors (Lipinski definition) is 9. The highest BCUT2D eigenvalue weighted by Crippen LogP contribution is 2.42. The van der Waals surface area contributed by atoms with Crippen LogP contribution >= 0.6 is 11.3 Å². The maximum Gasteiger partial charge on any atom is 0.330 e. The van der Waals surface area contributed by atoms with Gasteiger partial charge in [0.1, 0.15) is 17.7 Å². The van der Waals surface area contributed by atoms with Crippen LogP contribution in [0.2, 0.25) is 0 Å². The molecule has 0 fully saturated rings. The molecular weight excluding hydrogens is 526 g/mol. The third-order valence-corrected chi connectivity index (χ3v) is 6.82. The highest BCUT2D eigenvalue weighted by molar-refractivity contribution is 7.17. The van der Waals surface area contributed by atoms with Gasteiger partial charge in [-0.15, -0.1) is 11.3 Å². The monoisotopic (exact) mass is 555 g/mol. The summed E-state index contributed by atoms with van der Waals surface area (Å²) in [6.45, 7) is 14.5. The van der Waals surface area contributed by atoms with Crippen molar-refractivity contribution in [3.63, 3.8) is 0 Å². The van der Waals surface area contributed by atoms with E-state index in [0.717, 1.165) is 40.3 Å². The molecule has 0 amide bonds. The number of thiophene rings is 1. The Bertz CT molecular complexity index is 1480.